The van der Waals surface area contributed by atoms with E-state index in [1.54, 1.807) is 18.2 Å². The maximum absolute atomic E-state index is 13.7. The maximum atomic E-state index is 13.7. The van der Waals surface area contributed by atoms with Crippen LogP contribution in [0.3, 0.4) is 0 Å². The number of fused-ring (bicyclic) bond motifs is 1. The third kappa shape index (κ3) is 3.04. The second kappa shape index (κ2) is 6.07. The molecule has 0 saturated carbocycles. The van der Waals surface area contributed by atoms with Gasteiger partial charge in [0.1, 0.15) is 5.82 Å². The van der Waals surface area contributed by atoms with Gasteiger partial charge in [0.15, 0.2) is 0 Å². The minimum absolute atomic E-state index is 0.0534. The Labute approximate surface area is 148 Å². The van der Waals surface area contributed by atoms with Gasteiger partial charge in [0.05, 0.1) is 26.8 Å². The van der Waals surface area contributed by atoms with Crippen molar-refractivity contribution in [1.82, 2.24) is 4.98 Å². The predicted octanol–water partition coefficient (Wildman–Crippen LogP) is 5.81. The fourth-order valence-electron chi connectivity index (χ4n) is 2.23. The van der Waals surface area contributed by atoms with Gasteiger partial charge in [-0.25, -0.2) is 14.2 Å². The van der Waals surface area contributed by atoms with E-state index in [0.717, 1.165) is 10.5 Å². The van der Waals surface area contributed by atoms with Crippen molar-refractivity contribution in [3.63, 3.8) is 0 Å². The van der Waals surface area contributed by atoms with Crippen LogP contribution in [0.4, 0.5) is 4.39 Å². The molecule has 116 valence electrons. The van der Waals surface area contributed by atoms with Crippen LogP contribution in [0.25, 0.3) is 22.2 Å². The van der Waals surface area contributed by atoms with E-state index in [-0.39, 0.29) is 26.9 Å². The fourth-order valence-corrected chi connectivity index (χ4v) is 3.07. The Balaban J connectivity index is 2.33. The molecule has 0 fully saturated rings. The number of carboxylic acids is 1. The highest BCUT2D eigenvalue weighted by Gasteiger charge is 2.16. The van der Waals surface area contributed by atoms with Crippen molar-refractivity contribution in [1.29, 1.82) is 0 Å². The van der Waals surface area contributed by atoms with Crippen LogP contribution >= 0.6 is 39.1 Å². The largest absolute Gasteiger partial charge is 0.478 e. The van der Waals surface area contributed by atoms with Crippen LogP contribution in [0, 0.1) is 5.82 Å². The molecule has 0 saturated heterocycles. The van der Waals surface area contributed by atoms with Gasteiger partial charge in [-0.2, -0.15) is 0 Å². The zero-order chi connectivity index (χ0) is 16.7. The summed E-state index contributed by atoms with van der Waals surface area (Å²) in [6, 6.07) is 8.86. The van der Waals surface area contributed by atoms with Crippen LogP contribution < -0.4 is 0 Å². The van der Waals surface area contributed by atoms with Crippen molar-refractivity contribution >= 4 is 56.0 Å². The van der Waals surface area contributed by atoms with E-state index >= 15 is 0 Å². The molecule has 3 rings (SSSR count). The second-order valence-electron chi connectivity index (χ2n) is 4.77. The molecule has 7 heteroatoms. The molecule has 0 atom stereocenters. The van der Waals surface area contributed by atoms with Gasteiger partial charge in [0.2, 0.25) is 0 Å². The number of carboxylic acid groups (broad SMARTS) is 1. The lowest BCUT2D eigenvalue weighted by Crippen LogP contribution is -2.00. The Morgan fingerprint density at radius 3 is 2.57 bits per heavy atom. The first kappa shape index (κ1) is 16.2. The van der Waals surface area contributed by atoms with Gasteiger partial charge in [-0.05, 0) is 36.4 Å². The highest BCUT2D eigenvalue weighted by atomic mass is 79.9. The summed E-state index contributed by atoms with van der Waals surface area (Å²) in [7, 11) is 0. The first-order valence-electron chi connectivity index (χ1n) is 6.35. The Hall–Kier alpha value is -1.69. The van der Waals surface area contributed by atoms with E-state index in [2.05, 4.69) is 20.9 Å². The quantitative estimate of drug-likeness (QED) is 0.538. The average Bonchev–Trinajstić information content (AvgIpc) is 2.49. The SMILES string of the molecule is O=C(O)c1cc(-c2cc(F)c(Cl)cc2Cl)nc2ccc(Br)cc12. The molecule has 3 aromatic rings. The standard InChI is InChI=1S/C16H7BrCl2FNO2/c17-7-1-2-14-8(3-7)9(16(22)23)5-15(21-14)10-4-13(20)12(19)6-11(10)18/h1-6H,(H,22,23). The molecule has 0 aliphatic heterocycles. The third-order valence-corrected chi connectivity index (χ3v) is 4.38. The smallest absolute Gasteiger partial charge is 0.336 e. The number of halogens is 4. The fraction of sp³-hybridized carbons (Fsp3) is 0. The van der Waals surface area contributed by atoms with Gasteiger partial charge in [-0.3, -0.25) is 0 Å². The lowest BCUT2D eigenvalue weighted by Gasteiger charge is -2.09. The molecule has 0 spiro atoms. The molecule has 1 aromatic heterocycles. The summed E-state index contributed by atoms with van der Waals surface area (Å²) < 4.78 is 14.5. The zero-order valence-corrected chi connectivity index (χ0v) is 14.4. The molecule has 23 heavy (non-hydrogen) atoms. The van der Waals surface area contributed by atoms with Crippen molar-refractivity contribution in [3.8, 4) is 11.3 Å². The van der Waals surface area contributed by atoms with Crippen LogP contribution in [0.2, 0.25) is 10.0 Å². The number of hydrogen-bond donors (Lipinski definition) is 1. The van der Waals surface area contributed by atoms with E-state index in [0.29, 0.717) is 10.9 Å². The van der Waals surface area contributed by atoms with E-state index in [1.807, 2.05) is 0 Å². The number of nitrogens with zero attached hydrogens (tertiary/aromatic N) is 1. The van der Waals surface area contributed by atoms with Crippen LogP contribution in [0.1, 0.15) is 10.4 Å². The monoisotopic (exact) mass is 413 g/mol. The number of aromatic nitrogens is 1. The van der Waals surface area contributed by atoms with Crippen molar-refractivity contribution < 1.29 is 14.3 Å². The number of carbonyl (C=O) groups is 1. The van der Waals surface area contributed by atoms with Gasteiger partial charge >= 0.3 is 5.97 Å². The predicted molar refractivity (Wildman–Crippen MR) is 91.8 cm³/mol. The summed E-state index contributed by atoms with van der Waals surface area (Å²) in [6.45, 7) is 0. The Kier molecular flexibility index (Phi) is 4.27. The summed E-state index contributed by atoms with van der Waals surface area (Å²) >= 11 is 15.1. The number of rotatable bonds is 2. The maximum Gasteiger partial charge on any atom is 0.336 e. The van der Waals surface area contributed by atoms with Gasteiger partial charge in [-0.1, -0.05) is 39.1 Å². The van der Waals surface area contributed by atoms with Gasteiger partial charge < -0.3 is 5.11 Å². The number of pyridine rings is 1. The van der Waals surface area contributed by atoms with Crippen molar-refractivity contribution in [3.05, 3.63) is 62.3 Å². The summed E-state index contributed by atoms with van der Waals surface area (Å²) in [5.41, 5.74) is 1.06. The number of hydrogen-bond acceptors (Lipinski definition) is 2. The van der Waals surface area contributed by atoms with E-state index in [9.17, 15) is 14.3 Å². The molecule has 0 radical (unpaired) electrons. The molecular weight excluding hydrogens is 408 g/mol. The highest BCUT2D eigenvalue weighted by molar-refractivity contribution is 9.10. The van der Waals surface area contributed by atoms with Crippen molar-refractivity contribution in [2.75, 3.05) is 0 Å². The highest BCUT2D eigenvalue weighted by Crippen LogP contribution is 2.34. The summed E-state index contributed by atoms with van der Waals surface area (Å²) in [5, 5.41) is 10.00. The third-order valence-electron chi connectivity index (χ3n) is 3.29. The molecule has 0 bridgehead atoms. The van der Waals surface area contributed by atoms with Crippen molar-refractivity contribution in [2.24, 2.45) is 0 Å². The van der Waals surface area contributed by atoms with Crippen LogP contribution in [0.5, 0.6) is 0 Å². The van der Waals surface area contributed by atoms with E-state index < -0.39 is 11.8 Å². The normalized spacial score (nSPS) is 11.0. The molecule has 1 N–H and O–H groups in total. The van der Waals surface area contributed by atoms with Gasteiger partial charge in [-0.15, -0.1) is 0 Å². The molecule has 0 aliphatic rings. The van der Waals surface area contributed by atoms with Gasteiger partial charge in [0, 0.05) is 15.4 Å². The van der Waals surface area contributed by atoms with E-state index in [1.165, 1.54) is 12.1 Å². The van der Waals surface area contributed by atoms with Crippen LogP contribution in [0.15, 0.2) is 40.9 Å². The lowest BCUT2D eigenvalue weighted by molar-refractivity contribution is 0.0699. The molecule has 2 aromatic carbocycles. The van der Waals surface area contributed by atoms with Gasteiger partial charge in [0.25, 0.3) is 0 Å². The molecular formula is C16H7BrCl2FNO2. The molecule has 0 unspecified atom stereocenters. The first-order valence-corrected chi connectivity index (χ1v) is 7.90. The average molecular weight is 415 g/mol. The van der Waals surface area contributed by atoms with E-state index in [4.69, 9.17) is 23.2 Å². The Morgan fingerprint density at radius 2 is 1.87 bits per heavy atom. The zero-order valence-electron chi connectivity index (χ0n) is 11.3. The molecule has 3 nitrogen and oxygen atoms in total. The summed E-state index contributed by atoms with van der Waals surface area (Å²) in [5.74, 6) is -1.76. The Bertz CT molecular complexity index is 962. The second-order valence-corrected chi connectivity index (χ2v) is 6.50. The molecule has 0 aliphatic carbocycles. The number of benzene rings is 2. The minimum Gasteiger partial charge on any atom is -0.478 e. The van der Waals surface area contributed by atoms with Crippen LogP contribution in [-0.2, 0) is 0 Å². The lowest BCUT2D eigenvalue weighted by atomic mass is 10.0. The summed E-state index contributed by atoms with van der Waals surface area (Å²) in [4.78, 5) is 15.9. The topological polar surface area (TPSA) is 50.2 Å². The Morgan fingerprint density at radius 1 is 1.13 bits per heavy atom. The number of aromatic carboxylic acids is 1. The molecule has 1 heterocycles. The summed E-state index contributed by atoms with van der Waals surface area (Å²) in [6.07, 6.45) is 0. The minimum atomic E-state index is -1.11. The van der Waals surface area contributed by atoms with Crippen LogP contribution in [-0.4, -0.2) is 16.1 Å². The van der Waals surface area contributed by atoms with Crippen molar-refractivity contribution in [2.45, 2.75) is 0 Å². The first-order chi connectivity index (χ1) is 10.9. The molecule has 0 amide bonds.